The number of rotatable bonds is 7. The lowest BCUT2D eigenvalue weighted by molar-refractivity contribution is 0.0521. The maximum Gasteiger partial charge on any atom is 0.341 e. The Labute approximate surface area is 126 Å². The lowest BCUT2D eigenvalue weighted by Crippen LogP contribution is -2.22. The number of likely N-dealkylation sites (tertiary alicyclic amines) is 1. The number of ether oxygens (including phenoxy) is 2. The van der Waals surface area contributed by atoms with Crippen LogP contribution in [0.3, 0.4) is 0 Å². The summed E-state index contributed by atoms with van der Waals surface area (Å²) in [4.78, 5) is 14.3. The largest absolute Gasteiger partial charge is 0.493 e. The van der Waals surface area contributed by atoms with E-state index in [0.29, 0.717) is 30.2 Å². The van der Waals surface area contributed by atoms with Crippen molar-refractivity contribution in [1.82, 2.24) is 4.90 Å². The average molecular weight is 292 g/mol. The molecule has 116 valence electrons. The van der Waals surface area contributed by atoms with Gasteiger partial charge in [-0.05, 0) is 51.4 Å². The molecule has 1 heterocycles. The van der Waals surface area contributed by atoms with Crippen molar-refractivity contribution in [3.05, 3.63) is 23.8 Å². The Kier molecular flexibility index (Phi) is 5.87. The van der Waals surface area contributed by atoms with Crippen LogP contribution in [0.2, 0.25) is 0 Å². The summed E-state index contributed by atoms with van der Waals surface area (Å²) in [6.07, 6.45) is 3.53. The third-order valence-electron chi connectivity index (χ3n) is 3.58. The van der Waals surface area contributed by atoms with E-state index in [0.717, 1.165) is 13.0 Å². The van der Waals surface area contributed by atoms with E-state index in [9.17, 15) is 4.79 Å². The molecule has 0 aliphatic carbocycles. The first kappa shape index (κ1) is 15.6. The van der Waals surface area contributed by atoms with Gasteiger partial charge in [-0.15, -0.1) is 0 Å². The number of nitrogens with two attached hydrogens (primary N) is 1. The topological polar surface area (TPSA) is 64.8 Å². The van der Waals surface area contributed by atoms with Crippen molar-refractivity contribution < 1.29 is 14.3 Å². The Morgan fingerprint density at radius 2 is 2.10 bits per heavy atom. The first-order chi connectivity index (χ1) is 10.2. The molecule has 1 saturated heterocycles. The molecule has 2 rings (SSSR count). The minimum atomic E-state index is -0.368. The summed E-state index contributed by atoms with van der Waals surface area (Å²) >= 11 is 0. The number of hydrogen-bond acceptors (Lipinski definition) is 5. The zero-order chi connectivity index (χ0) is 15.1. The second-order valence-corrected chi connectivity index (χ2v) is 5.23. The van der Waals surface area contributed by atoms with Gasteiger partial charge < -0.3 is 20.1 Å². The van der Waals surface area contributed by atoms with Crippen LogP contribution < -0.4 is 10.5 Å². The Balaban J connectivity index is 1.88. The van der Waals surface area contributed by atoms with Crippen molar-refractivity contribution in [3.8, 4) is 5.75 Å². The molecular weight excluding hydrogens is 268 g/mol. The number of nitrogen functional groups attached to an aromatic ring is 1. The Hall–Kier alpha value is -1.75. The summed E-state index contributed by atoms with van der Waals surface area (Å²) in [5.74, 6) is 0.141. The monoisotopic (exact) mass is 292 g/mol. The highest BCUT2D eigenvalue weighted by Gasteiger charge is 2.15. The van der Waals surface area contributed by atoms with Gasteiger partial charge in [0.25, 0.3) is 0 Å². The van der Waals surface area contributed by atoms with Gasteiger partial charge in [-0.25, -0.2) is 4.79 Å². The van der Waals surface area contributed by atoms with Gasteiger partial charge in [0.05, 0.1) is 13.2 Å². The predicted molar refractivity (Wildman–Crippen MR) is 82.6 cm³/mol. The quantitative estimate of drug-likeness (QED) is 0.474. The summed E-state index contributed by atoms with van der Waals surface area (Å²) in [6.45, 7) is 6.12. The molecule has 0 atom stereocenters. The average Bonchev–Trinajstić information content (AvgIpc) is 2.97. The van der Waals surface area contributed by atoms with Crippen LogP contribution in [-0.4, -0.2) is 43.7 Å². The highest BCUT2D eigenvalue weighted by atomic mass is 16.5. The SMILES string of the molecule is CCOC(=O)c1ccc(N)cc1OCCCN1CCCC1. The molecule has 0 spiro atoms. The number of nitrogens with zero attached hydrogens (tertiary/aromatic N) is 1. The van der Waals surface area contributed by atoms with E-state index in [1.165, 1.54) is 25.9 Å². The van der Waals surface area contributed by atoms with Gasteiger partial charge in [0, 0.05) is 18.3 Å². The summed E-state index contributed by atoms with van der Waals surface area (Å²) in [5.41, 5.74) is 6.78. The van der Waals surface area contributed by atoms with Gasteiger partial charge in [0.2, 0.25) is 0 Å². The lowest BCUT2D eigenvalue weighted by Gasteiger charge is -2.15. The van der Waals surface area contributed by atoms with Gasteiger partial charge >= 0.3 is 5.97 Å². The summed E-state index contributed by atoms with van der Waals surface area (Å²) in [7, 11) is 0. The number of hydrogen-bond donors (Lipinski definition) is 1. The molecule has 0 aromatic heterocycles. The molecular formula is C16H24N2O3. The van der Waals surface area contributed by atoms with Crippen LogP contribution in [0.15, 0.2) is 18.2 Å². The molecule has 0 bridgehead atoms. The first-order valence-corrected chi connectivity index (χ1v) is 7.62. The van der Waals surface area contributed by atoms with Crippen molar-refractivity contribution in [2.45, 2.75) is 26.2 Å². The van der Waals surface area contributed by atoms with Gasteiger partial charge in [-0.2, -0.15) is 0 Å². The molecule has 1 aromatic rings. The van der Waals surface area contributed by atoms with Gasteiger partial charge in [-0.3, -0.25) is 0 Å². The number of carbonyl (C=O) groups excluding carboxylic acids is 1. The second kappa shape index (κ2) is 7.88. The highest BCUT2D eigenvalue weighted by molar-refractivity contribution is 5.93. The fourth-order valence-corrected chi connectivity index (χ4v) is 2.51. The fraction of sp³-hybridized carbons (Fsp3) is 0.562. The maximum atomic E-state index is 11.9. The molecule has 1 aliphatic heterocycles. The normalized spacial score (nSPS) is 15.1. The van der Waals surface area contributed by atoms with Crippen LogP contribution >= 0.6 is 0 Å². The summed E-state index contributed by atoms with van der Waals surface area (Å²) in [6, 6.07) is 5.02. The summed E-state index contributed by atoms with van der Waals surface area (Å²) in [5, 5.41) is 0. The smallest absolute Gasteiger partial charge is 0.341 e. The van der Waals surface area contributed by atoms with E-state index in [1.807, 2.05) is 0 Å². The van der Waals surface area contributed by atoms with Gasteiger partial charge in [0.1, 0.15) is 11.3 Å². The molecule has 21 heavy (non-hydrogen) atoms. The Morgan fingerprint density at radius 3 is 2.81 bits per heavy atom. The van der Waals surface area contributed by atoms with Crippen LogP contribution in [0, 0.1) is 0 Å². The van der Waals surface area contributed by atoms with E-state index < -0.39 is 0 Å². The third kappa shape index (κ3) is 4.63. The van der Waals surface area contributed by atoms with Crippen LogP contribution in [0.1, 0.15) is 36.5 Å². The molecule has 1 fully saturated rings. The molecule has 0 amide bonds. The van der Waals surface area contributed by atoms with Crippen molar-refractivity contribution in [2.24, 2.45) is 0 Å². The van der Waals surface area contributed by atoms with Crippen molar-refractivity contribution in [2.75, 3.05) is 38.6 Å². The first-order valence-electron chi connectivity index (χ1n) is 7.62. The van der Waals surface area contributed by atoms with E-state index in [4.69, 9.17) is 15.2 Å². The molecule has 0 saturated carbocycles. The molecule has 1 aliphatic rings. The molecule has 0 unspecified atom stereocenters. The van der Waals surface area contributed by atoms with E-state index >= 15 is 0 Å². The fourth-order valence-electron chi connectivity index (χ4n) is 2.51. The molecule has 0 radical (unpaired) electrons. The molecule has 5 nitrogen and oxygen atoms in total. The molecule has 5 heteroatoms. The summed E-state index contributed by atoms with van der Waals surface area (Å²) < 4.78 is 10.8. The van der Waals surface area contributed by atoms with Crippen LogP contribution in [0.5, 0.6) is 5.75 Å². The maximum absolute atomic E-state index is 11.9. The van der Waals surface area contributed by atoms with Crippen LogP contribution in [-0.2, 0) is 4.74 Å². The second-order valence-electron chi connectivity index (χ2n) is 5.23. The van der Waals surface area contributed by atoms with Crippen LogP contribution in [0.25, 0.3) is 0 Å². The minimum Gasteiger partial charge on any atom is -0.493 e. The van der Waals surface area contributed by atoms with Gasteiger partial charge in [0.15, 0.2) is 0 Å². The highest BCUT2D eigenvalue weighted by Crippen LogP contribution is 2.23. The van der Waals surface area contributed by atoms with E-state index in [2.05, 4.69) is 4.90 Å². The number of benzene rings is 1. The number of esters is 1. The molecule has 2 N–H and O–H groups in total. The van der Waals surface area contributed by atoms with Crippen molar-refractivity contribution >= 4 is 11.7 Å². The van der Waals surface area contributed by atoms with Crippen molar-refractivity contribution in [1.29, 1.82) is 0 Å². The Morgan fingerprint density at radius 1 is 1.33 bits per heavy atom. The molecule has 1 aromatic carbocycles. The van der Waals surface area contributed by atoms with Crippen LogP contribution in [0.4, 0.5) is 5.69 Å². The third-order valence-corrected chi connectivity index (χ3v) is 3.58. The number of carbonyl (C=O) groups is 1. The van der Waals surface area contributed by atoms with Crippen molar-refractivity contribution in [3.63, 3.8) is 0 Å². The van der Waals surface area contributed by atoms with E-state index in [-0.39, 0.29) is 5.97 Å². The lowest BCUT2D eigenvalue weighted by atomic mass is 10.2. The zero-order valence-corrected chi connectivity index (χ0v) is 12.6. The minimum absolute atomic E-state index is 0.345. The Bertz CT molecular complexity index is 471. The predicted octanol–water partition coefficient (Wildman–Crippen LogP) is 2.31. The van der Waals surface area contributed by atoms with E-state index in [1.54, 1.807) is 25.1 Å². The zero-order valence-electron chi connectivity index (χ0n) is 12.6. The standard InChI is InChI=1S/C16H24N2O3/c1-2-20-16(19)14-7-6-13(17)12-15(14)21-11-5-10-18-8-3-4-9-18/h6-7,12H,2-5,8-11,17H2,1H3. The van der Waals surface area contributed by atoms with Gasteiger partial charge in [-0.1, -0.05) is 0 Å². The number of anilines is 1.